The van der Waals surface area contributed by atoms with Crippen LogP contribution < -0.4 is 5.32 Å². The standard InChI is InChI=1S/C21H22ClFN2O2/c1-13-9-14(2)20(18(22)10-13)24-21(27)16-11-19(26)25(12-16)8-7-15-3-5-17(23)6-4-15/h3-6,9-10,16H,7-8,11-12H2,1-2H3,(H,24,27). The van der Waals surface area contributed by atoms with Crippen LogP contribution in [0, 0.1) is 25.6 Å². The van der Waals surface area contributed by atoms with Gasteiger partial charge in [0.1, 0.15) is 5.82 Å². The Balaban J connectivity index is 1.59. The molecule has 0 radical (unpaired) electrons. The number of hydrogen-bond donors (Lipinski definition) is 1. The van der Waals surface area contributed by atoms with Gasteiger partial charge in [-0.1, -0.05) is 29.8 Å². The Labute approximate surface area is 163 Å². The first-order chi connectivity index (χ1) is 12.8. The van der Waals surface area contributed by atoms with Crippen molar-refractivity contribution >= 4 is 29.1 Å². The van der Waals surface area contributed by atoms with Crippen LogP contribution in [0.3, 0.4) is 0 Å². The number of aryl methyl sites for hydroxylation is 2. The van der Waals surface area contributed by atoms with Crippen LogP contribution in [0.5, 0.6) is 0 Å². The van der Waals surface area contributed by atoms with E-state index in [2.05, 4.69) is 5.32 Å². The number of hydrogen-bond acceptors (Lipinski definition) is 2. The van der Waals surface area contributed by atoms with Gasteiger partial charge in [0, 0.05) is 19.5 Å². The minimum Gasteiger partial charge on any atom is -0.342 e. The first-order valence-corrected chi connectivity index (χ1v) is 9.31. The highest BCUT2D eigenvalue weighted by atomic mass is 35.5. The van der Waals surface area contributed by atoms with Gasteiger partial charge < -0.3 is 10.2 Å². The Morgan fingerprint density at radius 3 is 2.63 bits per heavy atom. The highest BCUT2D eigenvalue weighted by Crippen LogP contribution is 2.29. The second-order valence-corrected chi connectivity index (χ2v) is 7.45. The number of halogens is 2. The molecule has 1 heterocycles. The van der Waals surface area contributed by atoms with E-state index in [9.17, 15) is 14.0 Å². The van der Waals surface area contributed by atoms with Gasteiger partial charge in [0.05, 0.1) is 16.6 Å². The molecule has 1 aliphatic rings. The van der Waals surface area contributed by atoms with E-state index in [4.69, 9.17) is 11.6 Å². The molecule has 1 aliphatic heterocycles. The number of rotatable bonds is 5. The van der Waals surface area contributed by atoms with Crippen molar-refractivity contribution in [2.24, 2.45) is 5.92 Å². The number of nitrogens with one attached hydrogen (secondary N) is 1. The molecule has 1 saturated heterocycles. The van der Waals surface area contributed by atoms with Crippen LogP contribution in [0.25, 0.3) is 0 Å². The summed E-state index contributed by atoms with van der Waals surface area (Å²) >= 11 is 6.25. The molecule has 0 spiro atoms. The molecular weight excluding hydrogens is 367 g/mol. The second-order valence-electron chi connectivity index (χ2n) is 7.05. The molecule has 3 rings (SSSR count). The lowest BCUT2D eigenvalue weighted by molar-refractivity contribution is -0.128. The molecule has 2 aromatic rings. The molecule has 27 heavy (non-hydrogen) atoms. The van der Waals surface area contributed by atoms with E-state index in [0.29, 0.717) is 30.2 Å². The fourth-order valence-electron chi connectivity index (χ4n) is 3.38. The SMILES string of the molecule is Cc1cc(C)c(NC(=O)C2CC(=O)N(CCc3ccc(F)cc3)C2)c(Cl)c1. The molecule has 1 fully saturated rings. The Morgan fingerprint density at radius 2 is 1.96 bits per heavy atom. The van der Waals surface area contributed by atoms with Crippen LogP contribution in [0.15, 0.2) is 36.4 Å². The van der Waals surface area contributed by atoms with Crippen LogP contribution in [0.1, 0.15) is 23.1 Å². The van der Waals surface area contributed by atoms with Gasteiger partial charge in [-0.05, 0) is 55.2 Å². The number of amides is 2. The van der Waals surface area contributed by atoms with Gasteiger partial charge in [-0.2, -0.15) is 0 Å². The summed E-state index contributed by atoms with van der Waals surface area (Å²) in [6, 6.07) is 10.00. The molecule has 0 aliphatic carbocycles. The van der Waals surface area contributed by atoms with Crippen molar-refractivity contribution in [1.82, 2.24) is 4.90 Å². The quantitative estimate of drug-likeness (QED) is 0.837. The Morgan fingerprint density at radius 1 is 1.26 bits per heavy atom. The molecule has 1 atom stereocenters. The lowest BCUT2D eigenvalue weighted by Gasteiger charge is -2.17. The van der Waals surface area contributed by atoms with Crippen molar-refractivity contribution in [3.05, 3.63) is 63.9 Å². The van der Waals surface area contributed by atoms with Gasteiger partial charge in [-0.15, -0.1) is 0 Å². The Hall–Kier alpha value is -2.40. The third kappa shape index (κ3) is 4.66. The molecule has 2 amide bonds. The second kappa shape index (κ2) is 8.09. The van der Waals surface area contributed by atoms with Gasteiger partial charge >= 0.3 is 0 Å². The number of anilines is 1. The van der Waals surface area contributed by atoms with Gasteiger partial charge in [0.25, 0.3) is 0 Å². The first kappa shape index (κ1) is 19.4. The highest BCUT2D eigenvalue weighted by molar-refractivity contribution is 6.34. The zero-order valence-corrected chi connectivity index (χ0v) is 16.1. The van der Waals surface area contributed by atoms with Crippen LogP contribution >= 0.6 is 11.6 Å². The minimum atomic E-state index is -0.400. The summed E-state index contributed by atoms with van der Waals surface area (Å²) in [4.78, 5) is 26.6. The van der Waals surface area contributed by atoms with Crippen molar-refractivity contribution in [3.8, 4) is 0 Å². The van der Waals surface area contributed by atoms with Crippen molar-refractivity contribution < 1.29 is 14.0 Å². The number of nitrogens with zero attached hydrogens (tertiary/aromatic N) is 1. The average Bonchev–Trinajstić information content (AvgIpc) is 2.98. The van der Waals surface area contributed by atoms with E-state index in [1.54, 1.807) is 23.1 Å². The molecule has 4 nitrogen and oxygen atoms in total. The highest BCUT2D eigenvalue weighted by Gasteiger charge is 2.34. The van der Waals surface area contributed by atoms with E-state index in [-0.39, 0.29) is 24.1 Å². The Kier molecular flexibility index (Phi) is 5.80. The van der Waals surface area contributed by atoms with Gasteiger partial charge in [-0.25, -0.2) is 4.39 Å². The first-order valence-electron chi connectivity index (χ1n) is 8.93. The number of benzene rings is 2. The normalized spacial score (nSPS) is 16.7. The van der Waals surface area contributed by atoms with Crippen molar-refractivity contribution in [1.29, 1.82) is 0 Å². The number of carbonyl (C=O) groups excluding carboxylic acids is 2. The fraction of sp³-hybridized carbons (Fsp3) is 0.333. The van der Waals surface area contributed by atoms with Crippen molar-refractivity contribution in [3.63, 3.8) is 0 Å². The van der Waals surface area contributed by atoms with E-state index in [1.807, 2.05) is 19.9 Å². The third-order valence-electron chi connectivity index (χ3n) is 4.85. The van der Waals surface area contributed by atoms with Gasteiger partial charge in [-0.3, -0.25) is 9.59 Å². The molecule has 1 N–H and O–H groups in total. The molecule has 6 heteroatoms. The summed E-state index contributed by atoms with van der Waals surface area (Å²) in [5, 5.41) is 3.38. The molecule has 1 unspecified atom stereocenters. The minimum absolute atomic E-state index is 0.0380. The van der Waals surface area contributed by atoms with Gasteiger partial charge in [0.2, 0.25) is 11.8 Å². The predicted molar refractivity (Wildman–Crippen MR) is 104 cm³/mol. The average molecular weight is 389 g/mol. The van der Waals surface area contributed by atoms with Crippen LogP contribution in [0.4, 0.5) is 10.1 Å². The van der Waals surface area contributed by atoms with E-state index in [1.165, 1.54) is 12.1 Å². The van der Waals surface area contributed by atoms with Crippen LogP contribution in [0.2, 0.25) is 5.02 Å². The maximum absolute atomic E-state index is 13.0. The molecule has 142 valence electrons. The lowest BCUT2D eigenvalue weighted by Crippen LogP contribution is -2.30. The molecular formula is C21H22ClFN2O2. The predicted octanol–water partition coefficient (Wildman–Crippen LogP) is 4.13. The maximum Gasteiger partial charge on any atom is 0.229 e. The van der Waals surface area contributed by atoms with Crippen molar-refractivity contribution in [2.75, 3.05) is 18.4 Å². The van der Waals surface area contributed by atoms with Crippen LogP contribution in [-0.4, -0.2) is 29.8 Å². The fourth-order valence-corrected chi connectivity index (χ4v) is 3.75. The topological polar surface area (TPSA) is 49.4 Å². The molecule has 0 aromatic heterocycles. The largest absolute Gasteiger partial charge is 0.342 e. The van der Waals surface area contributed by atoms with E-state index >= 15 is 0 Å². The maximum atomic E-state index is 13.0. The Bertz CT molecular complexity index is 844. The summed E-state index contributed by atoms with van der Waals surface area (Å²) in [6.07, 6.45) is 0.820. The summed E-state index contributed by atoms with van der Waals surface area (Å²) in [6.45, 7) is 4.73. The molecule has 0 bridgehead atoms. The molecule has 2 aromatic carbocycles. The third-order valence-corrected chi connectivity index (χ3v) is 5.15. The number of carbonyl (C=O) groups is 2. The summed E-state index contributed by atoms with van der Waals surface area (Å²) in [5.74, 6) is -0.911. The molecule has 0 saturated carbocycles. The summed E-state index contributed by atoms with van der Waals surface area (Å²) in [5.41, 5.74) is 3.48. The monoisotopic (exact) mass is 388 g/mol. The number of likely N-dealkylation sites (tertiary alicyclic amines) is 1. The zero-order valence-electron chi connectivity index (χ0n) is 15.4. The lowest BCUT2D eigenvalue weighted by atomic mass is 10.1. The smallest absolute Gasteiger partial charge is 0.229 e. The van der Waals surface area contributed by atoms with Crippen LogP contribution in [-0.2, 0) is 16.0 Å². The van der Waals surface area contributed by atoms with E-state index < -0.39 is 5.92 Å². The summed E-state index contributed by atoms with van der Waals surface area (Å²) in [7, 11) is 0. The summed E-state index contributed by atoms with van der Waals surface area (Å²) < 4.78 is 13.0. The zero-order chi connectivity index (χ0) is 19.6. The van der Waals surface area contributed by atoms with Crippen molar-refractivity contribution in [2.45, 2.75) is 26.7 Å². The van der Waals surface area contributed by atoms with E-state index in [0.717, 1.165) is 16.7 Å². The van der Waals surface area contributed by atoms with Gasteiger partial charge in [0.15, 0.2) is 0 Å².